The number of amidine groups is 1. The van der Waals surface area contributed by atoms with Crippen LogP contribution in [-0.4, -0.2) is 33.3 Å². The van der Waals surface area contributed by atoms with Gasteiger partial charge in [0.2, 0.25) is 0 Å². The van der Waals surface area contributed by atoms with Gasteiger partial charge in [0.1, 0.15) is 0 Å². The fraction of sp³-hybridized carbons (Fsp3) is 0.667. The van der Waals surface area contributed by atoms with Gasteiger partial charge in [-0.3, -0.25) is 9.67 Å². The molecule has 1 aromatic heterocycles. The molecule has 5 heteroatoms. The number of aryl methyl sites for hydroxylation is 1. The lowest BCUT2D eigenvalue weighted by Gasteiger charge is -2.12. The van der Waals surface area contributed by atoms with Crippen LogP contribution in [0.15, 0.2) is 17.4 Å². The first-order chi connectivity index (χ1) is 8.15. The molecule has 1 atom stereocenters. The van der Waals surface area contributed by atoms with E-state index in [9.17, 15) is 0 Å². The van der Waals surface area contributed by atoms with Gasteiger partial charge in [-0.1, -0.05) is 25.6 Å². The highest BCUT2D eigenvalue weighted by molar-refractivity contribution is 8.14. The summed E-state index contributed by atoms with van der Waals surface area (Å²) in [5.74, 6) is 0.691. The highest BCUT2D eigenvalue weighted by Gasteiger charge is 2.21. The van der Waals surface area contributed by atoms with E-state index >= 15 is 0 Å². The van der Waals surface area contributed by atoms with Crippen molar-refractivity contribution in [3.05, 3.63) is 18.0 Å². The predicted molar refractivity (Wildman–Crippen MR) is 73.5 cm³/mol. The molecular formula is C12H20N4S. The van der Waals surface area contributed by atoms with Gasteiger partial charge in [-0.15, -0.1) is 0 Å². The summed E-state index contributed by atoms with van der Waals surface area (Å²) >= 11 is 1.87. The summed E-state index contributed by atoms with van der Waals surface area (Å²) in [5.41, 5.74) is 1.21. The standard InChI is InChI=1S/C12H20N4S/c1-9(2)11-7-14-12(17-11)13-4-5-16-8-10(3)6-15-16/h6,8-9,11H,4-5,7H2,1-3H3,(H,13,14). The Balaban J connectivity index is 1.70. The maximum atomic E-state index is 4.51. The zero-order valence-electron chi connectivity index (χ0n) is 10.7. The average Bonchev–Trinajstić information content (AvgIpc) is 2.88. The van der Waals surface area contributed by atoms with Crippen molar-refractivity contribution in [2.45, 2.75) is 32.6 Å². The summed E-state index contributed by atoms with van der Waals surface area (Å²) in [6.07, 6.45) is 3.94. The fourth-order valence-electron chi connectivity index (χ4n) is 1.70. The Morgan fingerprint density at radius 3 is 3.00 bits per heavy atom. The minimum Gasteiger partial charge on any atom is -0.363 e. The molecule has 0 spiro atoms. The first-order valence-corrected chi connectivity index (χ1v) is 6.97. The molecule has 94 valence electrons. The molecule has 0 bridgehead atoms. The lowest BCUT2D eigenvalue weighted by atomic mass is 10.1. The number of nitrogens with one attached hydrogen (secondary N) is 1. The fourth-order valence-corrected chi connectivity index (χ4v) is 2.74. The molecule has 17 heavy (non-hydrogen) atoms. The van der Waals surface area contributed by atoms with Gasteiger partial charge >= 0.3 is 0 Å². The van der Waals surface area contributed by atoms with E-state index in [1.54, 1.807) is 0 Å². The lowest BCUT2D eigenvalue weighted by molar-refractivity contribution is 0.604. The SMILES string of the molecule is Cc1cnn(CCNC2=NCC(C(C)C)S2)c1. The summed E-state index contributed by atoms with van der Waals surface area (Å²) in [6, 6.07) is 0. The van der Waals surface area contributed by atoms with Crippen LogP contribution in [0.4, 0.5) is 0 Å². The van der Waals surface area contributed by atoms with Crippen molar-refractivity contribution in [1.82, 2.24) is 15.1 Å². The maximum absolute atomic E-state index is 4.51. The number of nitrogens with zero attached hydrogens (tertiary/aromatic N) is 3. The first kappa shape index (κ1) is 12.5. The van der Waals surface area contributed by atoms with E-state index in [0.29, 0.717) is 11.2 Å². The number of rotatable bonds is 4. The van der Waals surface area contributed by atoms with E-state index in [1.807, 2.05) is 22.6 Å². The second kappa shape index (κ2) is 5.58. The molecule has 1 aliphatic heterocycles. The van der Waals surface area contributed by atoms with E-state index in [4.69, 9.17) is 0 Å². The van der Waals surface area contributed by atoms with Crippen LogP contribution in [-0.2, 0) is 6.54 Å². The van der Waals surface area contributed by atoms with E-state index in [-0.39, 0.29) is 0 Å². The minimum absolute atomic E-state index is 0.643. The zero-order chi connectivity index (χ0) is 12.3. The molecule has 0 fully saturated rings. The number of hydrogen-bond acceptors (Lipinski definition) is 4. The average molecular weight is 252 g/mol. The number of hydrogen-bond donors (Lipinski definition) is 1. The Morgan fingerprint density at radius 1 is 1.59 bits per heavy atom. The zero-order valence-corrected chi connectivity index (χ0v) is 11.5. The van der Waals surface area contributed by atoms with Crippen molar-refractivity contribution in [1.29, 1.82) is 0 Å². The molecule has 0 radical (unpaired) electrons. The number of thioether (sulfide) groups is 1. The summed E-state index contributed by atoms with van der Waals surface area (Å²) in [7, 11) is 0. The van der Waals surface area contributed by atoms with Gasteiger partial charge in [-0.25, -0.2) is 0 Å². The van der Waals surface area contributed by atoms with E-state index in [2.05, 4.69) is 42.4 Å². The molecule has 0 aromatic carbocycles. The van der Waals surface area contributed by atoms with Crippen molar-refractivity contribution in [2.75, 3.05) is 13.1 Å². The second-order valence-corrected chi connectivity index (χ2v) is 5.98. The Kier molecular flexibility index (Phi) is 4.10. The van der Waals surface area contributed by atoms with Gasteiger partial charge in [-0.2, -0.15) is 5.10 Å². The third kappa shape index (κ3) is 3.49. The first-order valence-electron chi connectivity index (χ1n) is 6.09. The molecular weight excluding hydrogens is 232 g/mol. The van der Waals surface area contributed by atoms with Crippen LogP contribution in [0.25, 0.3) is 0 Å². The molecule has 0 aliphatic carbocycles. The van der Waals surface area contributed by atoms with Crippen molar-refractivity contribution < 1.29 is 0 Å². The van der Waals surface area contributed by atoms with Crippen LogP contribution in [0.1, 0.15) is 19.4 Å². The van der Waals surface area contributed by atoms with Gasteiger partial charge in [0.05, 0.1) is 19.3 Å². The molecule has 1 N–H and O–H groups in total. The Morgan fingerprint density at radius 2 is 2.41 bits per heavy atom. The quantitative estimate of drug-likeness (QED) is 0.890. The monoisotopic (exact) mass is 252 g/mol. The lowest BCUT2D eigenvalue weighted by Crippen LogP contribution is -2.24. The smallest absolute Gasteiger partial charge is 0.156 e. The summed E-state index contributed by atoms with van der Waals surface area (Å²) < 4.78 is 1.96. The van der Waals surface area contributed by atoms with Crippen LogP contribution in [0.3, 0.4) is 0 Å². The van der Waals surface area contributed by atoms with Crippen LogP contribution < -0.4 is 5.32 Å². The van der Waals surface area contributed by atoms with E-state index in [1.165, 1.54) is 5.56 Å². The second-order valence-electron chi connectivity index (χ2n) is 4.75. The summed E-state index contributed by atoms with van der Waals surface area (Å²) in [6.45, 7) is 9.29. The molecule has 0 amide bonds. The molecule has 0 saturated heterocycles. The predicted octanol–water partition coefficient (Wildman–Crippen LogP) is 1.91. The Labute approximate surface area is 107 Å². The van der Waals surface area contributed by atoms with Gasteiger partial charge in [0, 0.05) is 18.0 Å². The van der Waals surface area contributed by atoms with Crippen molar-refractivity contribution in [3.8, 4) is 0 Å². The minimum atomic E-state index is 0.643. The van der Waals surface area contributed by atoms with Gasteiger partial charge in [0.25, 0.3) is 0 Å². The number of aliphatic imine (C=N–C) groups is 1. The molecule has 0 saturated carbocycles. The van der Waals surface area contributed by atoms with Crippen LogP contribution in [0.2, 0.25) is 0 Å². The van der Waals surface area contributed by atoms with Gasteiger partial charge in [-0.05, 0) is 18.4 Å². The van der Waals surface area contributed by atoms with Crippen molar-refractivity contribution in [3.63, 3.8) is 0 Å². The molecule has 1 aromatic rings. The highest BCUT2D eigenvalue weighted by atomic mass is 32.2. The summed E-state index contributed by atoms with van der Waals surface area (Å²) in [4.78, 5) is 4.51. The maximum Gasteiger partial charge on any atom is 0.156 e. The normalized spacial score (nSPS) is 19.8. The topological polar surface area (TPSA) is 42.2 Å². The molecule has 2 rings (SSSR count). The molecule has 4 nitrogen and oxygen atoms in total. The van der Waals surface area contributed by atoms with Crippen molar-refractivity contribution >= 4 is 16.9 Å². The van der Waals surface area contributed by atoms with E-state index in [0.717, 1.165) is 24.8 Å². The van der Waals surface area contributed by atoms with E-state index < -0.39 is 0 Å². The molecule has 1 aliphatic rings. The van der Waals surface area contributed by atoms with Gasteiger partial charge in [0.15, 0.2) is 5.17 Å². The molecule has 1 unspecified atom stereocenters. The summed E-state index contributed by atoms with van der Waals surface area (Å²) in [5, 5.41) is 9.36. The largest absolute Gasteiger partial charge is 0.363 e. The van der Waals surface area contributed by atoms with Crippen molar-refractivity contribution in [2.24, 2.45) is 10.9 Å². The third-order valence-electron chi connectivity index (χ3n) is 2.80. The highest BCUT2D eigenvalue weighted by Crippen LogP contribution is 2.25. The Hall–Kier alpha value is -0.970. The van der Waals surface area contributed by atoms with Crippen LogP contribution in [0, 0.1) is 12.8 Å². The number of aromatic nitrogens is 2. The van der Waals surface area contributed by atoms with Gasteiger partial charge < -0.3 is 5.32 Å². The third-order valence-corrected chi connectivity index (χ3v) is 4.29. The molecule has 2 heterocycles. The van der Waals surface area contributed by atoms with Crippen LogP contribution >= 0.6 is 11.8 Å². The Bertz CT molecular complexity index is 397. The van der Waals surface area contributed by atoms with Crippen LogP contribution in [0.5, 0.6) is 0 Å².